The van der Waals surface area contributed by atoms with E-state index in [2.05, 4.69) is 114 Å². The second-order valence-electron chi connectivity index (χ2n) is 14.3. The van der Waals surface area contributed by atoms with E-state index in [1.54, 1.807) is 0 Å². The molecule has 0 aliphatic carbocycles. The molecule has 6 nitrogen and oxygen atoms in total. The number of aromatic nitrogens is 4. The Hall–Kier alpha value is -7.83. The van der Waals surface area contributed by atoms with Crippen LogP contribution >= 0.6 is 0 Å². The van der Waals surface area contributed by atoms with Crippen molar-refractivity contribution in [3.8, 4) is 51.0 Å². The molecule has 0 N–H and O–H groups in total. The minimum atomic E-state index is 0.582. The number of fused-ring (bicyclic) bond motifs is 9. The lowest BCUT2D eigenvalue weighted by Crippen LogP contribution is -2.00. The van der Waals surface area contributed by atoms with Gasteiger partial charge in [0.15, 0.2) is 23.1 Å². The number of hydrogen-bond donors (Lipinski definition) is 0. The lowest BCUT2D eigenvalue weighted by molar-refractivity contribution is 0.667. The molecular formula is C51H30N4O2. The Labute approximate surface area is 325 Å². The highest BCUT2D eigenvalue weighted by atomic mass is 16.3. The molecule has 0 aliphatic rings. The van der Waals surface area contributed by atoms with Crippen molar-refractivity contribution in [2.45, 2.75) is 0 Å². The van der Waals surface area contributed by atoms with Crippen molar-refractivity contribution < 1.29 is 8.83 Å². The molecule has 6 heteroatoms. The van der Waals surface area contributed by atoms with Gasteiger partial charge in [-0.15, -0.1) is 0 Å². The molecule has 266 valence electrons. The topological polar surface area (TPSA) is 69.9 Å². The van der Waals surface area contributed by atoms with Crippen LogP contribution in [0.25, 0.3) is 117 Å². The summed E-state index contributed by atoms with van der Waals surface area (Å²) in [7, 11) is 0. The van der Waals surface area contributed by atoms with Gasteiger partial charge < -0.3 is 13.4 Å². The van der Waals surface area contributed by atoms with Crippen LogP contribution in [0, 0.1) is 0 Å². The van der Waals surface area contributed by atoms with Gasteiger partial charge in [0.25, 0.3) is 0 Å². The fourth-order valence-corrected chi connectivity index (χ4v) is 8.50. The van der Waals surface area contributed by atoms with Crippen molar-refractivity contribution in [1.29, 1.82) is 0 Å². The first-order valence-corrected chi connectivity index (χ1v) is 19.0. The zero-order valence-electron chi connectivity index (χ0n) is 30.4. The number of benzene rings is 8. The van der Waals surface area contributed by atoms with Crippen LogP contribution in [-0.4, -0.2) is 19.5 Å². The Morgan fingerprint density at radius 3 is 1.61 bits per heavy atom. The van der Waals surface area contributed by atoms with Gasteiger partial charge in [-0.2, -0.15) is 0 Å². The molecule has 57 heavy (non-hydrogen) atoms. The first-order chi connectivity index (χ1) is 28.3. The number of nitrogens with zero attached hydrogens (tertiary/aromatic N) is 4. The van der Waals surface area contributed by atoms with Crippen LogP contribution < -0.4 is 0 Å². The zero-order chi connectivity index (χ0) is 37.5. The normalized spacial score (nSPS) is 11.9. The Kier molecular flexibility index (Phi) is 6.83. The monoisotopic (exact) mass is 730 g/mol. The first-order valence-electron chi connectivity index (χ1n) is 19.0. The summed E-state index contributed by atoms with van der Waals surface area (Å²) in [6.07, 6.45) is 0. The highest BCUT2D eigenvalue weighted by Crippen LogP contribution is 2.43. The maximum atomic E-state index is 7.00. The Bertz CT molecular complexity index is 3410. The highest BCUT2D eigenvalue weighted by molar-refractivity contribution is 6.16. The molecule has 0 bridgehead atoms. The van der Waals surface area contributed by atoms with E-state index in [9.17, 15) is 0 Å². The lowest BCUT2D eigenvalue weighted by Gasteiger charge is -2.09. The molecule has 0 spiro atoms. The van der Waals surface area contributed by atoms with Crippen LogP contribution in [0.3, 0.4) is 0 Å². The first kappa shape index (κ1) is 31.5. The molecule has 12 rings (SSSR count). The van der Waals surface area contributed by atoms with Crippen molar-refractivity contribution in [2.75, 3.05) is 0 Å². The van der Waals surface area contributed by atoms with Gasteiger partial charge in [-0.05, 0) is 42.0 Å². The van der Waals surface area contributed by atoms with Gasteiger partial charge in [-0.3, -0.25) is 0 Å². The maximum absolute atomic E-state index is 7.00. The van der Waals surface area contributed by atoms with Gasteiger partial charge in [-0.25, -0.2) is 15.0 Å². The number of furan rings is 2. The minimum Gasteiger partial charge on any atom is -0.456 e. The van der Waals surface area contributed by atoms with Gasteiger partial charge in [0.2, 0.25) is 0 Å². The molecule has 0 amide bonds. The van der Waals surface area contributed by atoms with Crippen molar-refractivity contribution >= 4 is 65.7 Å². The summed E-state index contributed by atoms with van der Waals surface area (Å²) in [4.78, 5) is 15.1. The Morgan fingerprint density at radius 1 is 0.351 bits per heavy atom. The quantitative estimate of drug-likeness (QED) is 0.176. The van der Waals surface area contributed by atoms with Gasteiger partial charge in [0.05, 0.1) is 16.7 Å². The van der Waals surface area contributed by atoms with Crippen LogP contribution in [0.15, 0.2) is 191 Å². The fourth-order valence-electron chi connectivity index (χ4n) is 8.50. The zero-order valence-corrected chi connectivity index (χ0v) is 30.4. The van der Waals surface area contributed by atoms with Gasteiger partial charge >= 0.3 is 0 Å². The number of para-hydroxylation sites is 4. The standard InChI is InChI=1S/C51H30N4O2/c1-3-14-31(15-4-1)49-52-50(32-16-5-2-6-17-32)54-51(53-49)39-23-13-27-45-46(39)40-30-33(28-29-44(40)56-45)34-20-11-21-37-38-22-12-26-43(48(38)57-47(34)37)55-41-24-9-7-18-35(41)36-19-8-10-25-42(36)55/h1-30H. The molecule has 12 aromatic rings. The maximum Gasteiger partial charge on any atom is 0.164 e. The minimum absolute atomic E-state index is 0.582. The molecule has 8 aromatic carbocycles. The molecule has 0 atom stereocenters. The Balaban J connectivity index is 1.06. The predicted octanol–water partition coefficient (Wildman–Crippen LogP) is 13.4. The average molecular weight is 731 g/mol. The summed E-state index contributed by atoms with van der Waals surface area (Å²) in [5.41, 5.74) is 11.3. The largest absolute Gasteiger partial charge is 0.456 e. The Morgan fingerprint density at radius 2 is 0.912 bits per heavy atom. The summed E-state index contributed by atoms with van der Waals surface area (Å²) >= 11 is 0. The summed E-state index contributed by atoms with van der Waals surface area (Å²) in [5, 5.41) is 6.49. The van der Waals surface area contributed by atoms with Crippen molar-refractivity contribution in [1.82, 2.24) is 19.5 Å². The average Bonchev–Trinajstić information content (AvgIpc) is 3.96. The molecule has 0 aliphatic heterocycles. The number of hydrogen-bond acceptors (Lipinski definition) is 5. The SMILES string of the molecule is c1ccc(-c2nc(-c3ccccc3)nc(-c3cccc4oc5ccc(-c6cccc7c6oc6c(-n8c9ccccc9c9ccccc98)cccc67)cc5c34)n2)cc1. The molecule has 4 aromatic heterocycles. The van der Waals surface area contributed by atoms with Gasteiger partial charge in [0, 0.05) is 54.6 Å². The molecule has 0 unspecified atom stereocenters. The van der Waals surface area contributed by atoms with E-state index in [1.165, 1.54) is 10.8 Å². The summed E-state index contributed by atoms with van der Waals surface area (Å²) in [5.74, 6) is 1.81. The smallest absolute Gasteiger partial charge is 0.164 e. The van der Waals surface area contributed by atoms with E-state index in [0.717, 1.165) is 88.4 Å². The van der Waals surface area contributed by atoms with Crippen LogP contribution in [0.4, 0.5) is 0 Å². The fraction of sp³-hybridized carbons (Fsp3) is 0. The molecule has 0 saturated heterocycles. The second kappa shape index (κ2) is 12.3. The lowest BCUT2D eigenvalue weighted by atomic mass is 9.99. The van der Waals surface area contributed by atoms with E-state index in [4.69, 9.17) is 23.8 Å². The third kappa shape index (κ3) is 4.87. The molecule has 4 heterocycles. The van der Waals surface area contributed by atoms with E-state index < -0.39 is 0 Å². The van der Waals surface area contributed by atoms with E-state index in [-0.39, 0.29) is 0 Å². The third-order valence-corrected chi connectivity index (χ3v) is 11.1. The van der Waals surface area contributed by atoms with Gasteiger partial charge in [-0.1, -0.05) is 146 Å². The van der Waals surface area contributed by atoms with Gasteiger partial charge in [0.1, 0.15) is 16.7 Å². The predicted molar refractivity (Wildman–Crippen MR) is 230 cm³/mol. The highest BCUT2D eigenvalue weighted by Gasteiger charge is 2.21. The number of rotatable bonds is 5. The summed E-state index contributed by atoms with van der Waals surface area (Å²) < 4.78 is 15.8. The molecule has 0 fully saturated rings. The van der Waals surface area contributed by atoms with Crippen LogP contribution in [-0.2, 0) is 0 Å². The van der Waals surface area contributed by atoms with Crippen molar-refractivity contribution in [3.05, 3.63) is 182 Å². The van der Waals surface area contributed by atoms with Crippen LogP contribution in [0.2, 0.25) is 0 Å². The second-order valence-corrected chi connectivity index (χ2v) is 14.3. The molecule has 0 radical (unpaired) electrons. The van der Waals surface area contributed by atoms with Crippen LogP contribution in [0.1, 0.15) is 0 Å². The molecular weight excluding hydrogens is 701 g/mol. The van der Waals surface area contributed by atoms with E-state index in [1.807, 2.05) is 72.8 Å². The summed E-state index contributed by atoms with van der Waals surface area (Å²) in [6.45, 7) is 0. The van der Waals surface area contributed by atoms with Crippen molar-refractivity contribution in [3.63, 3.8) is 0 Å². The third-order valence-electron chi connectivity index (χ3n) is 11.1. The van der Waals surface area contributed by atoms with E-state index >= 15 is 0 Å². The summed E-state index contributed by atoms with van der Waals surface area (Å²) in [6, 6.07) is 62.5. The van der Waals surface area contributed by atoms with Crippen LogP contribution in [0.5, 0.6) is 0 Å². The van der Waals surface area contributed by atoms with Crippen molar-refractivity contribution in [2.24, 2.45) is 0 Å². The van der Waals surface area contributed by atoms with E-state index in [0.29, 0.717) is 17.5 Å². The molecule has 0 saturated carbocycles.